The number of nitrogens with one attached hydrogen (secondary N) is 1. The first-order valence-electron chi connectivity index (χ1n) is 12.2. The predicted molar refractivity (Wildman–Crippen MR) is 152 cm³/mol. The monoisotopic (exact) mass is 575 g/mol. The second kappa shape index (κ2) is 13.1. The Morgan fingerprint density at radius 3 is 2.18 bits per heavy atom. The molecule has 0 unspecified atom stereocenters. The molecule has 2 amide bonds. The number of amides is 2. The zero-order valence-corrected chi connectivity index (χ0v) is 23.9. The van der Waals surface area contributed by atoms with Crippen LogP contribution in [0.3, 0.4) is 0 Å². The number of hydrogen-bond acceptors (Lipinski definition) is 4. The van der Waals surface area contributed by atoms with Crippen LogP contribution < -0.4 is 9.62 Å². The van der Waals surface area contributed by atoms with Gasteiger partial charge in [0.2, 0.25) is 11.8 Å². The van der Waals surface area contributed by atoms with Crippen molar-refractivity contribution in [2.45, 2.75) is 44.7 Å². The quantitative estimate of drug-likeness (QED) is 0.330. The summed E-state index contributed by atoms with van der Waals surface area (Å²) in [5, 5.41) is 3.55. The van der Waals surface area contributed by atoms with Gasteiger partial charge >= 0.3 is 0 Å². The van der Waals surface area contributed by atoms with Crippen LogP contribution in [0.25, 0.3) is 0 Å². The Bertz CT molecular complexity index is 1370. The third kappa shape index (κ3) is 7.07. The highest BCUT2D eigenvalue weighted by molar-refractivity contribution is 7.92. The van der Waals surface area contributed by atoms with Gasteiger partial charge in [-0.25, -0.2) is 8.42 Å². The molecule has 10 heteroatoms. The molecule has 202 valence electrons. The molecule has 3 aromatic carbocycles. The Kier molecular flexibility index (Phi) is 10.2. The summed E-state index contributed by atoms with van der Waals surface area (Å²) < 4.78 is 28.6. The summed E-state index contributed by atoms with van der Waals surface area (Å²) in [4.78, 5) is 28.3. The van der Waals surface area contributed by atoms with E-state index in [4.69, 9.17) is 23.2 Å². The van der Waals surface area contributed by atoms with E-state index in [0.29, 0.717) is 34.3 Å². The third-order valence-electron chi connectivity index (χ3n) is 6.02. The molecule has 0 aliphatic carbocycles. The molecule has 0 saturated carbocycles. The molecule has 0 aliphatic heterocycles. The van der Waals surface area contributed by atoms with Crippen LogP contribution in [-0.2, 0) is 26.2 Å². The highest BCUT2D eigenvalue weighted by Gasteiger charge is 2.33. The van der Waals surface area contributed by atoms with Crippen molar-refractivity contribution in [1.82, 2.24) is 10.2 Å². The maximum Gasteiger partial charge on any atom is 0.264 e. The Morgan fingerprint density at radius 2 is 1.61 bits per heavy atom. The second-order valence-corrected chi connectivity index (χ2v) is 11.4. The third-order valence-corrected chi connectivity index (χ3v) is 8.40. The number of rotatable bonds is 11. The molecular formula is C28H31Cl2N3O4S. The summed E-state index contributed by atoms with van der Waals surface area (Å²) in [5.41, 5.74) is 1.86. The summed E-state index contributed by atoms with van der Waals surface area (Å²) in [6.07, 6.45) is 0.318. The number of aryl methyl sites for hydroxylation is 1. The van der Waals surface area contributed by atoms with E-state index >= 15 is 0 Å². The van der Waals surface area contributed by atoms with Crippen LogP contribution in [0, 0.1) is 6.92 Å². The maximum atomic E-state index is 13.9. The van der Waals surface area contributed by atoms with E-state index in [0.717, 1.165) is 9.87 Å². The molecule has 0 aliphatic rings. The largest absolute Gasteiger partial charge is 0.355 e. The normalized spacial score (nSPS) is 12.0. The number of halogens is 2. The van der Waals surface area contributed by atoms with Crippen LogP contribution >= 0.6 is 23.2 Å². The van der Waals surface area contributed by atoms with Crippen molar-refractivity contribution in [3.05, 3.63) is 94.0 Å². The topological polar surface area (TPSA) is 86.8 Å². The van der Waals surface area contributed by atoms with Crippen molar-refractivity contribution in [3.8, 4) is 0 Å². The highest BCUT2D eigenvalue weighted by atomic mass is 35.5. The number of carbonyl (C=O) groups excluding carboxylic acids is 2. The molecule has 3 aromatic rings. The maximum absolute atomic E-state index is 13.9. The first kappa shape index (κ1) is 29.5. The number of anilines is 1. The SMILES string of the molecule is CCNC(=O)[C@@H](CC)N(Cc1ccc(Cl)cc1Cl)C(=O)CN(c1ccc(C)cc1)S(=O)(=O)c1ccccc1. The lowest BCUT2D eigenvalue weighted by molar-refractivity contribution is -0.140. The van der Waals surface area contributed by atoms with E-state index < -0.39 is 28.5 Å². The molecular weight excluding hydrogens is 545 g/mol. The minimum atomic E-state index is -4.10. The molecule has 0 aromatic heterocycles. The molecule has 1 atom stereocenters. The molecule has 0 heterocycles. The van der Waals surface area contributed by atoms with Gasteiger partial charge in [0, 0.05) is 23.1 Å². The Labute approximate surface area is 234 Å². The number of sulfonamides is 1. The first-order valence-corrected chi connectivity index (χ1v) is 14.4. The summed E-state index contributed by atoms with van der Waals surface area (Å²) >= 11 is 12.5. The molecule has 0 spiro atoms. The van der Waals surface area contributed by atoms with Crippen molar-refractivity contribution in [1.29, 1.82) is 0 Å². The summed E-state index contributed by atoms with van der Waals surface area (Å²) in [5.74, 6) is -0.879. The number of carbonyl (C=O) groups is 2. The van der Waals surface area contributed by atoms with E-state index in [-0.39, 0.29) is 17.3 Å². The lowest BCUT2D eigenvalue weighted by atomic mass is 10.1. The Balaban J connectivity index is 2.06. The van der Waals surface area contributed by atoms with Crippen molar-refractivity contribution in [2.24, 2.45) is 0 Å². The van der Waals surface area contributed by atoms with Gasteiger partial charge < -0.3 is 10.2 Å². The van der Waals surface area contributed by atoms with Gasteiger partial charge in [0.1, 0.15) is 12.6 Å². The minimum Gasteiger partial charge on any atom is -0.355 e. The molecule has 0 saturated heterocycles. The molecule has 0 fully saturated rings. The molecule has 1 N–H and O–H groups in total. The molecule has 0 radical (unpaired) electrons. The predicted octanol–water partition coefficient (Wildman–Crippen LogP) is 5.44. The lowest BCUT2D eigenvalue weighted by Crippen LogP contribution is -2.52. The van der Waals surface area contributed by atoms with Crippen LogP contribution in [0.1, 0.15) is 31.4 Å². The van der Waals surface area contributed by atoms with Crippen molar-refractivity contribution >= 4 is 50.7 Å². The van der Waals surface area contributed by atoms with Crippen molar-refractivity contribution in [3.63, 3.8) is 0 Å². The van der Waals surface area contributed by atoms with Gasteiger partial charge in [0.05, 0.1) is 10.6 Å². The fourth-order valence-electron chi connectivity index (χ4n) is 4.00. The zero-order chi connectivity index (χ0) is 27.9. The molecule has 0 bridgehead atoms. The Hall–Kier alpha value is -3.07. The average molecular weight is 577 g/mol. The van der Waals surface area contributed by atoms with Crippen molar-refractivity contribution in [2.75, 3.05) is 17.4 Å². The first-order chi connectivity index (χ1) is 18.1. The summed E-state index contributed by atoms with van der Waals surface area (Å²) in [6, 6.07) is 18.9. The summed E-state index contributed by atoms with van der Waals surface area (Å²) in [7, 11) is -4.10. The van der Waals surface area contributed by atoms with Gasteiger partial charge in [0.15, 0.2) is 0 Å². The molecule has 3 rings (SSSR count). The average Bonchev–Trinajstić information content (AvgIpc) is 2.89. The standard InChI is InChI=1S/C28H31Cl2N3O4S/c1-4-26(28(35)31-5-2)32(18-21-13-14-22(29)17-25(21)30)27(34)19-33(23-15-11-20(3)12-16-23)38(36,37)24-9-7-6-8-10-24/h6-17,26H,4-5,18-19H2,1-3H3,(H,31,35)/t26-/m1/s1. The second-order valence-electron chi connectivity index (χ2n) is 8.74. The zero-order valence-electron chi connectivity index (χ0n) is 21.5. The van der Waals surface area contributed by atoms with E-state index in [1.54, 1.807) is 74.5 Å². The number of nitrogens with zero attached hydrogens (tertiary/aromatic N) is 2. The van der Waals surface area contributed by atoms with Crippen LogP contribution in [0.4, 0.5) is 5.69 Å². The van der Waals surface area contributed by atoms with E-state index in [9.17, 15) is 18.0 Å². The van der Waals surface area contributed by atoms with E-state index in [1.807, 2.05) is 6.92 Å². The van der Waals surface area contributed by atoms with Crippen LogP contribution in [0.5, 0.6) is 0 Å². The highest BCUT2D eigenvalue weighted by Crippen LogP contribution is 2.27. The van der Waals surface area contributed by atoms with Gasteiger partial charge in [-0.1, -0.05) is 72.1 Å². The van der Waals surface area contributed by atoms with Gasteiger partial charge in [-0.15, -0.1) is 0 Å². The van der Waals surface area contributed by atoms with Gasteiger partial charge in [-0.3, -0.25) is 13.9 Å². The molecule has 38 heavy (non-hydrogen) atoms. The fraction of sp³-hybridized carbons (Fsp3) is 0.286. The number of benzene rings is 3. The Morgan fingerprint density at radius 1 is 0.947 bits per heavy atom. The van der Waals surface area contributed by atoms with Gasteiger partial charge in [0.25, 0.3) is 10.0 Å². The van der Waals surface area contributed by atoms with Gasteiger partial charge in [-0.05, 0) is 62.2 Å². The lowest BCUT2D eigenvalue weighted by Gasteiger charge is -2.33. The molecule has 7 nitrogen and oxygen atoms in total. The van der Waals surface area contributed by atoms with Crippen LogP contribution in [0.15, 0.2) is 77.7 Å². The number of hydrogen-bond donors (Lipinski definition) is 1. The van der Waals surface area contributed by atoms with Crippen LogP contribution in [0.2, 0.25) is 10.0 Å². The van der Waals surface area contributed by atoms with Gasteiger partial charge in [-0.2, -0.15) is 0 Å². The number of likely N-dealkylation sites (N-methyl/N-ethyl adjacent to an activating group) is 1. The summed E-state index contributed by atoms with van der Waals surface area (Å²) in [6.45, 7) is 5.34. The van der Waals surface area contributed by atoms with Crippen molar-refractivity contribution < 1.29 is 18.0 Å². The fourth-order valence-corrected chi connectivity index (χ4v) is 5.91. The van der Waals surface area contributed by atoms with E-state index in [1.165, 1.54) is 17.0 Å². The minimum absolute atomic E-state index is 0.00238. The van der Waals surface area contributed by atoms with Crippen LogP contribution in [-0.4, -0.2) is 44.3 Å². The van der Waals surface area contributed by atoms with E-state index in [2.05, 4.69) is 5.32 Å². The smallest absolute Gasteiger partial charge is 0.264 e.